The molecule has 1 N–H and O–H groups in total. The molecule has 0 aliphatic carbocycles. The maximum absolute atomic E-state index is 12.7. The Morgan fingerprint density at radius 2 is 1.56 bits per heavy atom. The molecule has 0 heterocycles. The number of carbonyl (C=O) groups excluding carboxylic acids is 1. The molecule has 0 aliphatic rings. The van der Waals surface area contributed by atoms with Gasteiger partial charge in [-0.05, 0) is 55.5 Å². The van der Waals surface area contributed by atoms with Gasteiger partial charge in [0, 0.05) is 41.8 Å². The standard InChI is InChI=1S/C23H31N2O5PS/c1-16(2)32-22-12-10-21(11-13-22)25-24-20-8-6-18(7-9-20)23(26)14-19(15-29-4)17(3)30-31(5,27)28/h6-13,16-17,19H,14-15H2,1-5H3,(H,27,28)/t17-,19-/m1/s1. The van der Waals surface area contributed by atoms with E-state index in [2.05, 4.69) is 24.1 Å². The van der Waals surface area contributed by atoms with Crippen molar-refractivity contribution in [2.24, 2.45) is 16.1 Å². The van der Waals surface area contributed by atoms with E-state index in [0.29, 0.717) is 16.5 Å². The topological polar surface area (TPSA) is 97.5 Å². The number of Topliss-reactive ketones (excluding diaryl/α,β-unsaturated/α-hetero) is 1. The molecule has 0 saturated heterocycles. The third kappa shape index (κ3) is 9.35. The minimum absolute atomic E-state index is 0.104. The number of hydrogen-bond donors (Lipinski definition) is 1. The van der Waals surface area contributed by atoms with Crippen molar-refractivity contribution in [2.75, 3.05) is 20.4 Å². The molecule has 0 saturated carbocycles. The first-order chi connectivity index (χ1) is 15.1. The molecule has 0 aliphatic heterocycles. The first-order valence-corrected chi connectivity index (χ1v) is 13.3. The highest BCUT2D eigenvalue weighted by atomic mass is 32.2. The third-order valence-electron chi connectivity index (χ3n) is 4.53. The van der Waals surface area contributed by atoms with Crippen LogP contribution in [0.4, 0.5) is 11.4 Å². The third-order valence-corrected chi connectivity index (χ3v) is 6.27. The smallest absolute Gasteiger partial charge is 0.325 e. The summed E-state index contributed by atoms with van der Waals surface area (Å²) in [7, 11) is -2.14. The summed E-state index contributed by atoms with van der Waals surface area (Å²) in [4.78, 5) is 23.3. The fraction of sp³-hybridized carbons (Fsp3) is 0.435. The minimum Gasteiger partial charge on any atom is -0.384 e. The number of rotatable bonds is 12. The summed E-state index contributed by atoms with van der Waals surface area (Å²) in [6.45, 7) is 7.34. The number of methoxy groups -OCH3 is 1. The zero-order valence-electron chi connectivity index (χ0n) is 19.1. The Bertz CT molecular complexity index is 942. The maximum atomic E-state index is 12.7. The van der Waals surface area contributed by atoms with Crippen LogP contribution in [0.2, 0.25) is 0 Å². The normalized spacial score (nSPS) is 15.6. The molecule has 9 heteroatoms. The van der Waals surface area contributed by atoms with Crippen LogP contribution in [-0.2, 0) is 13.8 Å². The second-order valence-electron chi connectivity index (χ2n) is 7.86. The van der Waals surface area contributed by atoms with Gasteiger partial charge in [-0.15, -0.1) is 11.8 Å². The summed E-state index contributed by atoms with van der Waals surface area (Å²) in [5.74, 6) is -0.447. The van der Waals surface area contributed by atoms with Crippen molar-refractivity contribution in [3.05, 3.63) is 54.1 Å². The highest BCUT2D eigenvalue weighted by Crippen LogP contribution is 2.40. The number of carbonyl (C=O) groups is 1. The SMILES string of the molecule is COC[C@@H](CC(=O)c1ccc(N=Nc2ccc(SC(C)C)cc2)cc1)[C@@H](C)OP(C)(=O)O. The Morgan fingerprint density at radius 3 is 2.03 bits per heavy atom. The van der Waals surface area contributed by atoms with E-state index in [0.717, 1.165) is 12.4 Å². The molecule has 0 spiro atoms. The molecule has 7 nitrogen and oxygen atoms in total. The second-order valence-corrected chi connectivity index (χ2v) is 11.3. The van der Waals surface area contributed by atoms with Crippen LogP contribution < -0.4 is 0 Å². The van der Waals surface area contributed by atoms with E-state index in [1.54, 1.807) is 43.0 Å². The van der Waals surface area contributed by atoms with Crippen molar-refractivity contribution < 1.29 is 23.5 Å². The van der Waals surface area contributed by atoms with Gasteiger partial charge < -0.3 is 14.2 Å². The van der Waals surface area contributed by atoms with Gasteiger partial charge in [-0.1, -0.05) is 13.8 Å². The molecule has 174 valence electrons. The van der Waals surface area contributed by atoms with Gasteiger partial charge in [0.1, 0.15) is 0 Å². The van der Waals surface area contributed by atoms with Crippen LogP contribution in [0.5, 0.6) is 0 Å². The van der Waals surface area contributed by atoms with Crippen LogP contribution in [0.25, 0.3) is 0 Å². The van der Waals surface area contributed by atoms with Crippen LogP contribution in [0.3, 0.4) is 0 Å². The van der Waals surface area contributed by atoms with Crippen LogP contribution in [0.1, 0.15) is 37.6 Å². The van der Waals surface area contributed by atoms with Crippen LogP contribution in [0, 0.1) is 5.92 Å². The Hall–Kier alpha value is -1.83. The van der Waals surface area contributed by atoms with Gasteiger partial charge >= 0.3 is 7.60 Å². The van der Waals surface area contributed by atoms with Gasteiger partial charge in [0.15, 0.2) is 5.78 Å². The summed E-state index contributed by atoms with van der Waals surface area (Å²) in [6, 6.07) is 14.8. The molecular formula is C23H31N2O5PS. The zero-order chi connectivity index (χ0) is 23.7. The predicted octanol–water partition coefficient (Wildman–Crippen LogP) is 6.66. The predicted molar refractivity (Wildman–Crippen MR) is 129 cm³/mol. The van der Waals surface area contributed by atoms with Gasteiger partial charge in [0.05, 0.1) is 24.1 Å². The van der Waals surface area contributed by atoms with Crippen LogP contribution >= 0.6 is 19.4 Å². The Balaban J connectivity index is 2.00. The fourth-order valence-corrected chi connectivity index (χ4v) is 4.64. The summed E-state index contributed by atoms with van der Waals surface area (Å²) in [6.07, 6.45) is -0.463. The highest BCUT2D eigenvalue weighted by molar-refractivity contribution is 7.99. The summed E-state index contributed by atoms with van der Waals surface area (Å²) < 4.78 is 21.9. The average molecular weight is 479 g/mol. The molecule has 2 aromatic rings. The fourth-order valence-electron chi connectivity index (χ4n) is 3.02. The van der Waals surface area contributed by atoms with E-state index in [1.165, 1.54) is 12.0 Å². The zero-order valence-corrected chi connectivity index (χ0v) is 20.8. The number of benzene rings is 2. The molecule has 32 heavy (non-hydrogen) atoms. The van der Waals surface area contributed by atoms with E-state index in [4.69, 9.17) is 9.26 Å². The lowest BCUT2D eigenvalue weighted by Gasteiger charge is -2.24. The average Bonchev–Trinajstić information content (AvgIpc) is 2.71. The highest BCUT2D eigenvalue weighted by Gasteiger charge is 2.26. The molecule has 0 fully saturated rings. The maximum Gasteiger partial charge on any atom is 0.325 e. The lowest BCUT2D eigenvalue weighted by atomic mass is 9.95. The molecular weight excluding hydrogens is 447 g/mol. The number of ether oxygens (including phenoxy) is 1. The second kappa shape index (κ2) is 12.4. The van der Waals surface area contributed by atoms with Gasteiger partial charge in [-0.2, -0.15) is 10.2 Å². The monoisotopic (exact) mass is 478 g/mol. The van der Waals surface area contributed by atoms with Crippen molar-refractivity contribution in [1.29, 1.82) is 0 Å². The first kappa shape index (κ1) is 26.4. The van der Waals surface area contributed by atoms with E-state index in [1.807, 2.05) is 24.3 Å². The van der Waals surface area contributed by atoms with Gasteiger partial charge in [-0.25, -0.2) is 0 Å². The largest absolute Gasteiger partial charge is 0.384 e. The number of azo groups is 1. The van der Waals surface area contributed by atoms with Crippen molar-refractivity contribution in [3.63, 3.8) is 0 Å². The summed E-state index contributed by atoms with van der Waals surface area (Å²) in [5, 5.41) is 9.00. The lowest BCUT2D eigenvalue weighted by Crippen LogP contribution is -2.26. The molecule has 0 radical (unpaired) electrons. The molecule has 1 unspecified atom stereocenters. The van der Waals surface area contributed by atoms with Gasteiger partial charge in [0.2, 0.25) is 0 Å². The Labute approximate surface area is 194 Å². The van der Waals surface area contributed by atoms with Crippen LogP contribution in [0.15, 0.2) is 63.7 Å². The van der Waals surface area contributed by atoms with Gasteiger partial charge in [-0.3, -0.25) is 9.36 Å². The molecule has 0 aromatic heterocycles. The molecule has 0 amide bonds. The quantitative estimate of drug-likeness (QED) is 0.159. The van der Waals surface area contributed by atoms with Gasteiger partial charge in [0.25, 0.3) is 0 Å². The van der Waals surface area contributed by atoms with Crippen molar-refractivity contribution in [1.82, 2.24) is 0 Å². The van der Waals surface area contributed by atoms with E-state index in [9.17, 15) is 14.3 Å². The number of thioether (sulfide) groups is 1. The number of nitrogens with zero attached hydrogens (tertiary/aromatic N) is 2. The van der Waals surface area contributed by atoms with Crippen LogP contribution in [-0.4, -0.2) is 42.4 Å². The minimum atomic E-state index is -3.65. The van der Waals surface area contributed by atoms with Crippen molar-refractivity contribution in [2.45, 2.75) is 43.4 Å². The molecule has 3 atom stereocenters. The molecule has 0 bridgehead atoms. The Morgan fingerprint density at radius 1 is 1.03 bits per heavy atom. The first-order valence-electron chi connectivity index (χ1n) is 10.4. The lowest BCUT2D eigenvalue weighted by molar-refractivity contribution is 0.0563. The Kier molecular flexibility index (Phi) is 10.3. The van der Waals surface area contributed by atoms with E-state index < -0.39 is 13.7 Å². The molecule has 2 aromatic carbocycles. The summed E-state index contributed by atoms with van der Waals surface area (Å²) >= 11 is 1.79. The number of hydrogen-bond acceptors (Lipinski definition) is 7. The molecule has 2 rings (SSSR count). The number of ketones is 1. The summed E-state index contributed by atoms with van der Waals surface area (Å²) in [5.41, 5.74) is 1.92. The van der Waals surface area contributed by atoms with E-state index >= 15 is 0 Å². The van der Waals surface area contributed by atoms with Crippen molar-refractivity contribution in [3.8, 4) is 0 Å². The van der Waals surface area contributed by atoms with E-state index in [-0.39, 0.29) is 24.7 Å². The van der Waals surface area contributed by atoms with Crippen molar-refractivity contribution >= 4 is 36.5 Å².